The lowest BCUT2D eigenvalue weighted by atomic mass is 10.0. The van der Waals surface area contributed by atoms with Crippen LogP contribution in [0.2, 0.25) is 10.0 Å². The lowest BCUT2D eigenvalue weighted by Crippen LogP contribution is -2.41. The van der Waals surface area contributed by atoms with Gasteiger partial charge in [0.05, 0.1) is 18.3 Å². The van der Waals surface area contributed by atoms with E-state index in [0.29, 0.717) is 28.7 Å². The van der Waals surface area contributed by atoms with Gasteiger partial charge in [-0.1, -0.05) is 47.5 Å². The van der Waals surface area contributed by atoms with E-state index in [4.69, 9.17) is 23.2 Å². The first kappa shape index (κ1) is 17.7. The van der Waals surface area contributed by atoms with Crippen molar-refractivity contribution < 1.29 is 9.90 Å². The number of amides is 2. The van der Waals surface area contributed by atoms with Crippen molar-refractivity contribution in [2.24, 2.45) is 5.10 Å². The smallest absolute Gasteiger partial charge is 0.342 e. The summed E-state index contributed by atoms with van der Waals surface area (Å²) in [5, 5.41) is 18.5. The molecule has 0 spiro atoms. The standard InChI is InChI=1S/C18H17Cl2N3O2/c1-11(24)13-4-2-12(3-5-13)8-15-16(19)9-14(10-17(15)20)23-18(25)21-6-7-22-23/h2-5,7,9-11,24H,6,8H2,1H3,(H,21,25). The average Bonchev–Trinajstić information content (AvgIpc) is 2.59. The number of carbonyl (C=O) groups is 1. The first-order valence-electron chi connectivity index (χ1n) is 7.81. The fraction of sp³-hybridized carbons (Fsp3) is 0.222. The quantitative estimate of drug-likeness (QED) is 0.840. The third-order valence-corrected chi connectivity index (χ3v) is 4.62. The van der Waals surface area contributed by atoms with Crippen LogP contribution in [0.3, 0.4) is 0 Å². The topological polar surface area (TPSA) is 64.9 Å². The van der Waals surface area contributed by atoms with Crippen molar-refractivity contribution in [2.75, 3.05) is 11.6 Å². The third kappa shape index (κ3) is 3.95. The molecule has 1 unspecified atom stereocenters. The number of hydrogen-bond donors (Lipinski definition) is 2. The van der Waals surface area contributed by atoms with Gasteiger partial charge in [0.15, 0.2) is 0 Å². The Kier molecular flexibility index (Phi) is 5.27. The van der Waals surface area contributed by atoms with Gasteiger partial charge in [-0.2, -0.15) is 10.1 Å². The summed E-state index contributed by atoms with van der Waals surface area (Å²) in [5.41, 5.74) is 3.16. The van der Waals surface area contributed by atoms with Crippen LogP contribution < -0.4 is 10.3 Å². The molecule has 0 saturated carbocycles. The summed E-state index contributed by atoms with van der Waals surface area (Å²) >= 11 is 12.8. The van der Waals surface area contributed by atoms with Crippen LogP contribution in [-0.2, 0) is 6.42 Å². The summed E-state index contributed by atoms with van der Waals surface area (Å²) in [6.07, 6.45) is 1.64. The van der Waals surface area contributed by atoms with Crippen LogP contribution >= 0.6 is 23.2 Å². The average molecular weight is 378 g/mol. The molecule has 5 nitrogen and oxygen atoms in total. The van der Waals surface area contributed by atoms with Crippen molar-refractivity contribution in [2.45, 2.75) is 19.4 Å². The summed E-state index contributed by atoms with van der Waals surface area (Å²) in [7, 11) is 0. The van der Waals surface area contributed by atoms with E-state index in [1.165, 1.54) is 5.01 Å². The van der Waals surface area contributed by atoms with Gasteiger partial charge in [0.1, 0.15) is 0 Å². The highest BCUT2D eigenvalue weighted by atomic mass is 35.5. The van der Waals surface area contributed by atoms with Gasteiger partial charge in [0.25, 0.3) is 0 Å². The summed E-state index contributed by atoms with van der Waals surface area (Å²) in [4.78, 5) is 11.9. The largest absolute Gasteiger partial charge is 0.389 e. The number of nitrogens with zero attached hydrogens (tertiary/aromatic N) is 2. The number of hydrogen-bond acceptors (Lipinski definition) is 3. The number of aliphatic hydroxyl groups excluding tert-OH is 1. The molecule has 0 saturated heterocycles. The zero-order valence-corrected chi connectivity index (χ0v) is 15.1. The molecule has 2 aromatic carbocycles. The molecule has 0 fully saturated rings. The SMILES string of the molecule is CC(O)c1ccc(Cc2c(Cl)cc(N3N=CCNC3=O)cc2Cl)cc1. The van der Waals surface area contributed by atoms with Crippen LogP contribution in [0.5, 0.6) is 0 Å². The van der Waals surface area contributed by atoms with Gasteiger partial charge in [-0.05, 0) is 35.7 Å². The lowest BCUT2D eigenvalue weighted by Gasteiger charge is -2.22. The van der Waals surface area contributed by atoms with Crippen molar-refractivity contribution in [1.82, 2.24) is 5.32 Å². The Bertz CT molecular complexity index is 797. The van der Waals surface area contributed by atoms with E-state index < -0.39 is 6.10 Å². The second-order valence-corrected chi connectivity index (χ2v) is 6.59. The molecule has 25 heavy (non-hydrogen) atoms. The maximum atomic E-state index is 11.9. The molecule has 7 heteroatoms. The number of benzene rings is 2. The molecule has 130 valence electrons. The van der Waals surface area contributed by atoms with Gasteiger partial charge in [0, 0.05) is 22.7 Å². The molecule has 1 aliphatic rings. The number of anilines is 1. The zero-order chi connectivity index (χ0) is 18.0. The van der Waals surface area contributed by atoms with E-state index in [2.05, 4.69) is 10.4 Å². The first-order valence-corrected chi connectivity index (χ1v) is 8.56. The Balaban J connectivity index is 1.86. The van der Waals surface area contributed by atoms with Gasteiger partial charge in [-0.25, -0.2) is 4.79 Å². The monoisotopic (exact) mass is 377 g/mol. The van der Waals surface area contributed by atoms with E-state index in [-0.39, 0.29) is 6.03 Å². The van der Waals surface area contributed by atoms with Crippen LogP contribution in [0, 0.1) is 0 Å². The van der Waals surface area contributed by atoms with E-state index in [1.807, 2.05) is 24.3 Å². The van der Waals surface area contributed by atoms with Gasteiger partial charge >= 0.3 is 6.03 Å². The Labute approximate surface area is 155 Å². The molecule has 0 aromatic heterocycles. The van der Waals surface area contributed by atoms with Gasteiger partial charge < -0.3 is 10.4 Å². The molecule has 1 heterocycles. The van der Waals surface area contributed by atoms with Crippen LogP contribution in [0.25, 0.3) is 0 Å². The molecule has 2 N–H and O–H groups in total. The van der Waals surface area contributed by atoms with Gasteiger partial charge in [0.2, 0.25) is 0 Å². The predicted octanol–water partition coefficient (Wildman–Crippen LogP) is 4.15. The van der Waals surface area contributed by atoms with Crippen LogP contribution in [-0.4, -0.2) is 23.9 Å². The Hall–Kier alpha value is -2.08. The maximum Gasteiger partial charge on any atom is 0.342 e. The second kappa shape index (κ2) is 7.44. The fourth-order valence-electron chi connectivity index (χ4n) is 2.57. The van der Waals surface area contributed by atoms with Crippen molar-refractivity contribution in [3.05, 3.63) is 63.1 Å². The molecule has 2 aromatic rings. The third-order valence-electron chi connectivity index (χ3n) is 3.95. The predicted molar refractivity (Wildman–Crippen MR) is 101 cm³/mol. The fourth-order valence-corrected chi connectivity index (χ4v) is 3.17. The van der Waals surface area contributed by atoms with Crippen molar-refractivity contribution in [1.29, 1.82) is 0 Å². The molecule has 1 atom stereocenters. The van der Waals surface area contributed by atoms with Crippen molar-refractivity contribution in [3.8, 4) is 0 Å². The highest BCUT2D eigenvalue weighted by Crippen LogP contribution is 2.33. The number of halogens is 2. The number of nitrogens with one attached hydrogen (secondary N) is 1. The summed E-state index contributed by atoms with van der Waals surface area (Å²) in [5.74, 6) is 0. The molecule has 0 radical (unpaired) electrons. The van der Waals surface area contributed by atoms with Gasteiger partial charge in [-0.3, -0.25) is 0 Å². The number of rotatable bonds is 4. The maximum absolute atomic E-state index is 11.9. The van der Waals surface area contributed by atoms with E-state index in [1.54, 1.807) is 25.3 Å². The summed E-state index contributed by atoms with van der Waals surface area (Å²) < 4.78 is 0. The Morgan fingerprint density at radius 2 is 1.88 bits per heavy atom. The van der Waals surface area contributed by atoms with Crippen LogP contribution in [0.4, 0.5) is 10.5 Å². The molecular weight excluding hydrogens is 361 g/mol. The Morgan fingerprint density at radius 3 is 2.44 bits per heavy atom. The minimum absolute atomic E-state index is 0.323. The van der Waals surface area contributed by atoms with Gasteiger partial charge in [-0.15, -0.1) is 0 Å². The van der Waals surface area contributed by atoms with Crippen molar-refractivity contribution in [3.63, 3.8) is 0 Å². The van der Waals surface area contributed by atoms with E-state index in [0.717, 1.165) is 16.7 Å². The minimum atomic E-state index is -0.503. The highest BCUT2D eigenvalue weighted by Gasteiger charge is 2.20. The van der Waals surface area contributed by atoms with E-state index >= 15 is 0 Å². The Morgan fingerprint density at radius 1 is 1.24 bits per heavy atom. The molecule has 0 bridgehead atoms. The second-order valence-electron chi connectivity index (χ2n) is 5.78. The first-order chi connectivity index (χ1) is 12.0. The normalized spacial score (nSPS) is 15.2. The molecule has 0 aliphatic carbocycles. The molecule has 3 rings (SSSR count). The van der Waals surface area contributed by atoms with Crippen molar-refractivity contribution >= 4 is 41.1 Å². The molecule has 1 aliphatic heterocycles. The number of aliphatic hydroxyl groups is 1. The number of hydrazone groups is 1. The number of urea groups is 1. The zero-order valence-electron chi connectivity index (χ0n) is 13.5. The van der Waals surface area contributed by atoms with E-state index in [9.17, 15) is 9.90 Å². The molecule has 2 amide bonds. The van der Waals surface area contributed by atoms with Crippen LogP contribution in [0.1, 0.15) is 29.7 Å². The summed E-state index contributed by atoms with van der Waals surface area (Å²) in [6.45, 7) is 2.12. The lowest BCUT2D eigenvalue weighted by molar-refractivity contribution is 0.199. The number of carbonyl (C=O) groups excluding carboxylic acids is 1. The minimum Gasteiger partial charge on any atom is -0.389 e. The highest BCUT2D eigenvalue weighted by molar-refractivity contribution is 6.36. The van der Waals surface area contributed by atoms with Crippen LogP contribution in [0.15, 0.2) is 41.5 Å². The molecular formula is C18H17Cl2N3O2. The summed E-state index contributed by atoms with van der Waals surface area (Å²) in [6, 6.07) is 10.7.